The molecule has 1 amide bonds. The first-order chi connectivity index (χ1) is 13.6. The van der Waals surface area contributed by atoms with Crippen molar-refractivity contribution in [3.63, 3.8) is 0 Å². The van der Waals surface area contributed by atoms with Crippen LogP contribution in [-0.2, 0) is 4.79 Å². The number of aromatic nitrogens is 3. The molecule has 1 aromatic carbocycles. The number of likely N-dealkylation sites (tertiary alicyclic amines) is 1. The summed E-state index contributed by atoms with van der Waals surface area (Å²) in [5.41, 5.74) is 1.60. The maximum Gasteiger partial charge on any atom is 0.246 e. The average molecular weight is 375 g/mol. The first-order valence-corrected chi connectivity index (χ1v) is 8.92. The molecule has 6 nitrogen and oxygen atoms in total. The minimum absolute atomic E-state index is 0.0653. The van der Waals surface area contributed by atoms with E-state index in [0.717, 1.165) is 11.8 Å². The van der Waals surface area contributed by atoms with E-state index in [2.05, 4.69) is 38.7 Å². The third-order valence-corrected chi connectivity index (χ3v) is 4.65. The number of amides is 1. The summed E-state index contributed by atoms with van der Waals surface area (Å²) in [7, 11) is 0. The first-order valence-electron chi connectivity index (χ1n) is 8.92. The molecule has 0 radical (unpaired) electrons. The predicted octanol–water partition coefficient (Wildman–Crippen LogP) is 2.70. The maximum absolute atomic E-state index is 13.7. The van der Waals surface area contributed by atoms with Crippen LogP contribution in [0.2, 0.25) is 0 Å². The van der Waals surface area contributed by atoms with E-state index in [1.807, 2.05) is 6.07 Å². The Morgan fingerprint density at radius 1 is 1.36 bits per heavy atom. The molecule has 2 N–H and O–H groups in total. The summed E-state index contributed by atoms with van der Waals surface area (Å²) in [4.78, 5) is 25.2. The van der Waals surface area contributed by atoms with E-state index in [1.54, 1.807) is 23.1 Å². The van der Waals surface area contributed by atoms with Crippen LogP contribution in [0, 0.1) is 17.7 Å². The van der Waals surface area contributed by atoms with Gasteiger partial charge in [0.05, 0.1) is 16.6 Å². The standard InChI is InChI=1S/C21H18FN5O/c1-2-19(28)27-10-9-16(12-27)26-21-17-11-15(25-20(17)23-13-24-21)8-7-14-5-3-4-6-18(14)22/h2-6,11,13,16H,1,9-10,12H2,(H2,23,24,25,26)/t16-/m1/s1. The summed E-state index contributed by atoms with van der Waals surface area (Å²) >= 11 is 0. The van der Waals surface area contributed by atoms with Crippen molar-refractivity contribution in [2.75, 3.05) is 18.4 Å². The van der Waals surface area contributed by atoms with Crippen molar-refractivity contribution in [1.82, 2.24) is 19.9 Å². The van der Waals surface area contributed by atoms with Crippen LogP contribution in [0.4, 0.5) is 10.2 Å². The highest BCUT2D eigenvalue weighted by atomic mass is 19.1. The molecule has 1 aliphatic heterocycles. The van der Waals surface area contributed by atoms with Gasteiger partial charge in [0.1, 0.15) is 23.6 Å². The van der Waals surface area contributed by atoms with Crippen molar-refractivity contribution in [1.29, 1.82) is 0 Å². The zero-order valence-electron chi connectivity index (χ0n) is 15.1. The van der Waals surface area contributed by atoms with Crippen LogP contribution in [-0.4, -0.2) is 44.9 Å². The van der Waals surface area contributed by atoms with E-state index in [0.29, 0.717) is 35.8 Å². The molecule has 0 spiro atoms. The van der Waals surface area contributed by atoms with Crippen LogP contribution in [0.25, 0.3) is 11.0 Å². The fourth-order valence-corrected chi connectivity index (χ4v) is 3.22. The number of carbonyl (C=O) groups is 1. The fourth-order valence-electron chi connectivity index (χ4n) is 3.22. The Kier molecular flexibility index (Phi) is 4.77. The summed E-state index contributed by atoms with van der Waals surface area (Å²) in [6, 6.07) is 8.33. The molecule has 0 bridgehead atoms. The minimum Gasteiger partial charge on any atom is -0.365 e. The molecule has 2 aromatic heterocycles. The largest absolute Gasteiger partial charge is 0.365 e. The molecule has 0 aliphatic carbocycles. The van der Waals surface area contributed by atoms with Gasteiger partial charge in [0, 0.05) is 19.1 Å². The number of anilines is 1. The van der Waals surface area contributed by atoms with Crippen molar-refractivity contribution < 1.29 is 9.18 Å². The molecule has 1 saturated heterocycles. The number of nitrogens with one attached hydrogen (secondary N) is 2. The molecule has 1 fully saturated rings. The number of benzene rings is 1. The number of hydrogen-bond donors (Lipinski definition) is 2. The van der Waals surface area contributed by atoms with Gasteiger partial charge in [-0.1, -0.05) is 24.6 Å². The third kappa shape index (κ3) is 3.58. The zero-order chi connectivity index (χ0) is 19.5. The average Bonchev–Trinajstić information content (AvgIpc) is 3.34. The SMILES string of the molecule is C=CC(=O)N1CC[C@@H](Nc2ncnc3[nH]c(C#Cc4ccccc4F)cc23)C1. The number of hydrogen-bond acceptors (Lipinski definition) is 4. The molecular weight excluding hydrogens is 357 g/mol. The number of carbonyl (C=O) groups excluding carboxylic acids is 1. The van der Waals surface area contributed by atoms with Crippen molar-refractivity contribution in [3.05, 3.63) is 66.4 Å². The summed E-state index contributed by atoms with van der Waals surface area (Å²) < 4.78 is 13.7. The number of aromatic amines is 1. The van der Waals surface area contributed by atoms with Crippen molar-refractivity contribution in [2.24, 2.45) is 0 Å². The molecule has 1 aliphatic rings. The van der Waals surface area contributed by atoms with E-state index < -0.39 is 0 Å². The Bertz CT molecular complexity index is 1110. The second-order valence-electron chi connectivity index (χ2n) is 6.52. The minimum atomic E-state index is -0.354. The van der Waals surface area contributed by atoms with Crippen LogP contribution < -0.4 is 5.32 Å². The number of rotatable bonds is 3. The van der Waals surface area contributed by atoms with Gasteiger partial charge in [0.2, 0.25) is 5.91 Å². The Morgan fingerprint density at radius 3 is 3.04 bits per heavy atom. The van der Waals surface area contributed by atoms with E-state index in [-0.39, 0.29) is 17.8 Å². The molecule has 3 heterocycles. The van der Waals surface area contributed by atoms with Crippen molar-refractivity contribution in [3.8, 4) is 11.8 Å². The zero-order valence-corrected chi connectivity index (χ0v) is 15.1. The van der Waals surface area contributed by atoms with Crippen LogP contribution in [0.1, 0.15) is 17.7 Å². The van der Waals surface area contributed by atoms with E-state index in [9.17, 15) is 9.18 Å². The molecule has 4 rings (SSSR count). The van der Waals surface area contributed by atoms with Crippen LogP contribution >= 0.6 is 0 Å². The van der Waals surface area contributed by atoms with E-state index >= 15 is 0 Å². The lowest BCUT2D eigenvalue weighted by Gasteiger charge is -2.15. The first kappa shape index (κ1) is 17.7. The Labute approximate surface area is 161 Å². The Hall–Kier alpha value is -3.66. The molecule has 3 aromatic rings. The van der Waals surface area contributed by atoms with E-state index in [4.69, 9.17) is 0 Å². The molecule has 0 unspecified atom stereocenters. The molecule has 0 saturated carbocycles. The summed E-state index contributed by atoms with van der Waals surface area (Å²) in [6.45, 7) is 4.81. The van der Waals surface area contributed by atoms with Crippen LogP contribution in [0.15, 0.2) is 49.3 Å². The van der Waals surface area contributed by atoms with Gasteiger partial charge in [0.15, 0.2) is 0 Å². The van der Waals surface area contributed by atoms with Crippen molar-refractivity contribution in [2.45, 2.75) is 12.5 Å². The quantitative estimate of drug-likeness (QED) is 0.545. The summed E-state index contributed by atoms with van der Waals surface area (Å²) in [5, 5.41) is 4.18. The van der Waals surface area contributed by atoms with Gasteiger partial charge in [-0.2, -0.15) is 0 Å². The number of fused-ring (bicyclic) bond motifs is 1. The summed E-state index contributed by atoms with van der Waals surface area (Å²) in [6.07, 6.45) is 3.63. The maximum atomic E-state index is 13.7. The lowest BCUT2D eigenvalue weighted by atomic mass is 10.2. The smallest absolute Gasteiger partial charge is 0.246 e. The Balaban J connectivity index is 1.56. The second kappa shape index (κ2) is 7.53. The highest BCUT2D eigenvalue weighted by Gasteiger charge is 2.25. The number of halogens is 1. The second-order valence-corrected chi connectivity index (χ2v) is 6.52. The highest BCUT2D eigenvalue weighted by molar-refractivity contribution is 5.89. The normalized spacial score (nSPS) is 15.9. The van der Waals surface area contributed by atoms with Gasteiger partial charge in [0.25, 0.3) is 0 Å². The molecular formula is C21H18FN5O. The van der Waals surface area contributed by atoms with Gasteiger partial charge in [-0.25, -0.2) is 14.4 Å². The van der Waals surface area contributed by atoms with Crippen LogP contribution in [0.3, 0.4) is 0 Å². The monoisotopic (exact) mass is 375 g/mol. The van der Waals surface area contributed by atoms with Gasteiger partial charge < -0.3 is 15.2 Å². The van der Waals surface area contributed by atoms with Gasteiger partial charge in [-0.05, 0) is 36.6 Å². The Morgan fingerprint density at radius 2 is 2.21 bits per heavy atom. The molecule has 1 atom stereocenters. The van der Waals surface area contributed by atoms with Crippen LogP contribution in [0.5, 0.6) is 0 Å². The molecule has 7 heteroatoms. The van der Waals surface area contributed by atoms with E-state index in [1.165, 1.54) is 18.5 Å². The fraction of sp³-hybridized carbons (Fsp3) is 0.190. The lowest BCUT2D eigenvalue weighted by molar-refractivity contribution is -0.125. The van der Waals surface area contributed by atoms with Gasteiger partial charge >= 0.3 is 0 Å². The van der Waals surface area contributed by atoms with Crippen molar-refractivity contribution >= 4 is 22.8 Å². The molecule has 140 valence electrons. The highest BCUT2D eigenvalue weighted by Crippen LogP contribution is 2.23. The third-order valence-electron chi connectivity index (χ3n) is 4.65. The topological polar surface area (TPSA) is 73.9 Å². The molecule has 28 heavy (non-hydrogen) atoms. The predicted molar refractivity (Wildman–Crippen MR) is 105 cm³/mol. The van der Waals surface area contributed by atoms with Gasteiger partial charge in [-0.3, -0.25) is 4.79 Å². The van der Waals surface area contributed by atoms with Gasteiger partial charge in [-0.15, -0.1) is 0 Å². The lowest BCUT2D eigenvalue weighted by Crippen LogP contribution is -2.30. The number of nitrogens with zero attached hydrogens (tertiary/aromatic N) is 3. The number of H-pyrrole nitrogens is 1. The summed E-state index contributed by atoms with van der Waals surface area (Å²) in [5.74, 6) is 6.03.